The van der Waals surface area contributed by atoms with Gasteiger partial charge in [-0.3, -0.25) is 14.4 Å². The Bertz CT molecular complexity index is 1240. The molecule has 0 saturated heterocycles. The van der Waals surface area contributed by atoms with Gasteiger partial charge in [-0.1, -0.05) is 59.6 Å². The summed E-state index contributed by atoms with van der Waals surface area (Å²) in [6.07, 6.45) is -6.19. The minimum atomic E-state index is -4.66. The lowest BCUT2D eigenvalue weighted by atomic mass is 10.1. The molecule has 0 saturated carbocycles. The predicted octanol–water partition coefficient (Wildman–Crippen LogP) is 5.67. The zero-order valence-electron chi connectivity index (χ0n) is 17.7. The van der Waals surface area contributed by atoms with E-state index in [1.54, 1.807) is 30.3 Å². The number of carbonyl (C=O) groups excluding carboxylic acids is 3. The number of halogens is 5. The monoisotopic (exact) mass is 524 g/mol. The first-order valence-corrected chi connectivity index (χ1v) is 10.8. The van der Waals surface area contributed by atoms with Crippen LogP contribution in [0.2, 0.25) is 10.0 Å². The number of nitrogens with one attached hydrogen (secondary N) is 2. The molecule has 0 spiro atoms. The molecule has 0 radical (unpaired) electrons. The van der Waals surface area contributed by atoms with Gasteiger partial charge in [-0.05, 0) is 36.4 Å². The highest BCUT2D eigenvalue weighted by atomic mass is 35.5. The fourth-order valence-electron chi connectivity index (χ4n) is 2.95. The van der Waals surface area contributed by atoms with Crippen molar-refractivity contribution in [3.63, 3.8) is 0 Å². The molecule has 35 heavy (non-hydrogen) atoms. The Labute approximate surface area is 208 Å². The highest BCUT2D eigenvalue weighted by molar-refractivity contribution is 6.33. The maximum atomic E-state index is 13.1. The molecule has 3 aromatic carbocycles. The molecular weight excluding hydrogens is 508 g/mol. The van der Waals surface area contributed by atoms with Crippen molar-refractivity contribution in [3.05, 3.63) is 99.5 Å². The van der Waals surface area contributed by atoms with E-state index in [1.165, 1.54) is 24.3 Å². The van der Waals surface area contributed by atoms with Crippen LogP contribution in [0.5, 0.6) is 0 Å². The van der Waals surface area contributed by atoms with Gasteiger partial charge in [0, 0.05) is 16.1 Å². The van der Waals surface area contributed by atoms with Crippen molar-refractivity contribution in [1.82, 2.24) is 5.32 Å². The molecule has 1 unspecified atom stereocenters. The predicted molar refractivity (Wildman–Crippen MR) is 124 cm³/mol. The molecule has 0 bridgehead atoms. The lowest BCUT2D eigenvalue weighted by Gasteiger charge is -2.19. The Morgan fingerprint density at radius 1 is 0.914 bits per heavy atom. The first kappa shape index (κ1) is 26.1. The Morgan fingerprint density at radius 2 is 1.63 bits per heavy atom. The summed E-state index contributed by atoms with van der Waals surface area (Å²) < 4.78 is 44.4. The molecule has 0 aliphatic rings. The largest absolute Gasteiger partial charge is 0.446 e. The van der Waals surface area contributed by atoms with Gasteiger partial charge in [-0.25, -0.2) is 0 Å². The highest BCUT2D eigenvalue weighted by Crippen LogP contribution is 2.34. The standard InChI is InChI=1S/C24H17Cl2F3N2O4/c25-17-8-4-7-15(11-17)22(33)30-13-20(32)35-21(14-5-2-1-3-6-14)23(34)31-19-12-16(24(27,28)29)9-10-18(19)26/h1-12,21H,13H2,(H,30,33)(H,31,34). The molecule has 1 atom stereocenters. The summed E-state index contributed by atoms with van der Waals surface area (Å²) in [7, 11) is 0. The number of rotatable bonds is 7. The molecule has 0 fully saturated rings. The second kappa shape index (κ2) is 11.2. The second-order valence-corrected chi connectivity index (χ2v) is 8.00. The SMILES string of the molecule is O=C(CNC(=O)c1cccc(Cl)c1)OC(C(=O)Nc1cc(C(F)(F)F)ccc1Cl)c1ccccc1. The van der Waals surface area contributed by atoms with Crippen LogP contribution in [0, 0.1) is 0 Å². The molecule has 6 nitrogen and oxygen atoms in total. The lowest BCUT2D eigenvalue weighted by Crippen LogP contribution is -2.33. The Balaban J connectivity index is 1.74. The third kappa shape index (κ3) is 7.21. The van der Waals surface area contributed by atoms with E-state index in [9.17, 15) is 27.6 Å². The normalized spacial score (nSPS) is 11.9. The van der Waals surface area contributed by atoms with E-state index in [0.717, 1.165) is 12.1 Å². The van der Waals surface area contributed by atoms with E-state index in [2.05, 4.69) is 10.6 Å². The molecule has 2 amide bonds. The van der Waals surface area contributed by atoms with Gasteiger partial charge in [0.2, 0.25) is 6.10 Å². The maximum absolute atomic E-state index is 13.1. The van der Waals surface area contributed by atoms with Gasteiger partial charge < -0.3 is 15.4 Å². The number of benzene rings is 3. The fourth-order valence-corrected chi connectivity index (χ4v) is 3.31. The molecule has 3 rings (SSSR count). The average Bonchev–Trinajstić information content (AvgIpc) is 2.82. The van der Waals surface area contributed by atoms with Crippen LogP contribution in [0.15, 0.2) is 72.8 Å². The van der Waals surface area contributed by atoms with Gasteiger partial charge >= 0.3 is 12.1 Å². The van der Waals surface area contributed by atoms with E-state index in [-0.39, 0.29) is 21.8 Å². The summed E-state index contributed by atoms with van der Waals surface area (Å²) in [4.78, 5) is 37.6. The summed E-state index contributed by atoms with van der Waals surface area (Å²) >= 11 is 11.8. The maximum Gasteiger partial charge on any atom is 0.416 e. The molecule has 182 valence electrons. The second-order valence-electron chi connectivity index (χ2n) is 7.16. The molecule has 0 heterocycles. The number of hydrogen-bond donors (Lipinski definition) is 2. The molecule has 3 aromatic rings. The van der Waals surface area contributed by atoms with Crippen LogP contribution in [-0.4, -0.2) is 24.3 Å². The van der Waals surface area contributed by atoms with Crippen molar-refractivity contribution in [2.24, 2.45) is 0 Å². The van der Waals surface area contributed by atoms with Crippen molar-refractivity contribution in [3.8, 4) is 0 Å². The van der Waals surface area contributed by atoms with Crippen molar-refractivity contribution in [1.29, 1.82) is 0 Å². The van der Waals surface area contributed by atoms with Crippen molar-refractivity contribution >= 4 is 46.7 Å². The summed E-state index contributed by atoms with van der Waals surface area (Å²) in [5, 5.41) is 4.82. The number of amides is 2. The minimum Gasteiger partial charge on any atom is -0.446 e. The highest BCUT2D eigenvalue weighted by Gasteiger charge is 2.32. The zero-order chi connectivity index (χ0) is 25.6. The first-order chi connectivity index (χ1) is 16.5. The molecule has 0 aliphatic heterocycles. The van der Waals surface area contributed by atoms with Crippen LogP contribution in [-0.2, 0) is 20.5 Å². The smallest absolute Gasteiger partial charge is 0.416 e. The van der Waals surface area contributed by atoms with Gasteiger partial charge in [0.05, 0.1) is 16.3 Å². The molecular formula is C24H17Cl2F3N2O4. The lowest BCUT2D eigenvalue weighted by molar-refractivity contribution is -0.153. The number of ether oxygens (including phenoxy) is 1. The number of hydrogen-bond acceptors (Lipinski definition) is 4. The minimum absolute atomic E-state index is 0.140. The van der Waals surface area contributed by atoms with Gasteiger partial charge in [0.25, 0.3) is 11.8 Å². The van der Waals surface area contributed by atoms with Gasteiger partial charge in [-0.2, -0.15) is 13.2 Å². The average molecular weight is 525 g/mol. The Kier molecular flexibility index (Phi) is 8.37. The number of alkyl halides is 3. The van der Waals surface area contributed by atoms with Crippen molar-refractivity contribution in [2.75, 3.05) is 11.9 Å². The van der Waals surface area contributed by atoms with E-state index in [0.29, 0.717) is 11.1 Å². The van der Waals surface area contributed by atoms with Crippen LogP contribution in [0.25, 0.3) is 0 Å². The molecule has 0 aromatic heterocycles. The van der Waals surface area contributed by atoms with E-state index < -0.39 is 42.2 Å². The van der Waals surface area contributed by atoms with Crippen LogP contribution in [0.3, 0.4) is 0 Å². The molecule has 11 heteroatoms. The van der Waals surface area contributed by atoms with Gasteiger partial charge in [-0.15, -0.1) is 0 Å². The quantitative estimate of drug-likeness (QED) is 0.390. The summed E-state index contributed by atoms with van der Waals surface area (Å²) in [6, 6.07) is 16.3. The van der Waals surface area contributed by atoms with E-state index in [4.69, 9.17) is 27.9 Å². The Hall–Kier alpha value is -3.56. The number of carbonyl (C=O) groups is 3. The zero-order valence-corrected chi connectivity index (χ0v) is 19.2. The molecule has 0 aliphatic carbocycles. The molecule has 2 N–H and O–H groups in total. The van der Waals surface area contributed by atoms with Gasteiger partial charge in [0.1, 0.15) is 6.54 Å². The third-order valence-corrected chi connectivity index (χ3v) is 5.19. The summed E-state index contributed by atoms with van der Waals surface area (Å²) in [5.41, 5.74) is -0.864. The summed E-state index contributed by atoms with van der Waals surface area (Å²) in [5.74, 6) is -2.49. The first-order valence-electron chi connectivity index (χ1n) is 10.0. The number of anilines is 1. The number of esters is 1. The Morgan fingerprint density at radius 3 is 2.29 bits per heavy atom. The van der Waals surface area contributed by atoms with Crippen LogP contribution in [0.1, 0.15) is 27.6 Å². The van der Waals surface area contributed by atoms with Crippen LogP contribution in [0.4, 0.5) is 18.9 Å². The van der Waals surface area contributed by atoms with Crippen molar-refractivity contribution in [2.45, 2.75) is 12.3 Å². The van der Waals surface area contributed by atoms with Crippen molar-refractivity contribution < 1.29 is 32.3 Å². The topological polar surface area (TPSA) is 84.5 Å². The van der Waals surface area contributed by atoms with Gasteiger partial charge in [0.15, 0.2) is 0 Å². The van der Waals surface area contributed by atoms with Crippen LogP contribution < -0.4 is 10.6 Å². The van der Waals surface area contributed by atoms with E-state index >= 15 is 0 Å². The summed E-state index contributed by atoms with van der Waals surface area (Å²) in [6.45, 7) is -0.577. The third-order valence-electron chi connectivity index (χ3n) is 4.62. The van der Waals surface area contributed by atoms with E-state index in [1.807, 2.05) is 0 Å². The van der Waals surface area contributed by atoms with Crippen LogP contribution >= 0.6 is 23.2 Å². The fraction of sp³-hybridized carbons (Fsp3) is 0.125.